The van der Waals surface area contributed by atoms with Gasteiger partial charge in [0.15, 0.2) is 10.9 Å². The van der Waals surface area contributed by atoms with Crippen molar-refractivity contribution < 1.29 is 9.59 Å². The summed E-state index contributed by atoms with van der Waals surface area (Å²) in [6.07, 6.45) is 0. The van der Waals surface area contributed by atoms with Gasteiger partial charge in [0.25, 0.3) is 5.56 Å². The van der Waals surface area contributed by atoms with Crippen molar-refractivity contribution in [1.82, 2.24) is 19.2 Å². The standard InChI is InChI=1S/C27H23N5O3S/c1-16-8-14-21(15-9-16)31-25(35)22-6-4-5-7-23(22)32-26(31)29-30-27(32)36-17(2)24(34)19-10-12-20(13-11-19)28-18(3)33/h4-15,17H,1-3H3,(H,28,33). The molecule has 0 radical (unpaired) electrons. The van der Waals surface area contributed by atoms with Gasteiger partial charge in [-0.1, -0.05) is 41.6 Å². The third kappa shape index (κ3) is 4.29. The maximum absolute atomic E-state index is 13.4. The molecule has 2 heterocycles. The zero-order valence-corrected chi connectivity index (χ0v) is 20.7. The van der Waals surface area contributed by atoms with Crippen LogP contribution >= 0.6 is 11.8 Å². The van der Waals surface area contributed by atoms with Crippen LogP contribution in [-0.2, 0) is 4.79 Å². The SMILES string of the molecule is CC(=O)Nc1ccc(C(=O)C(C)Sc2nnc3n(-c4ccc(C)cc4)c(=O)c4ccccc4n23)cc1. The van der Waals surface area contributed by atoms with Crippen molar-refractivity contribution in [3.05, 3.63) is 94.3 Å². The maximum atomic E-state index is 13.4. The van der Waals surface area contributed by atoms with E-state index in [1.54, 1.807) is 34.9 Å². The average molecular weight is 498 g/mol. The van der Waals surface area contributed by atoms with E-state index in [9.17, 15) is 14.4 Å². The molecule has 2 aromatic heterocycles. The zero-order chi connectivity index (χ0) is 25.4. The number of Topliss-reactive ketones (excluding diaryl/α,β-unsaturated/α-hetero) is 1. The molecule has 8 nitrogen and oxygen atoms in total. The molecule has 36 heavy (non-hydrogen) atoms. The number of ketones is 1. The summed E-state index contributed by atoms with van der Waals surface area (Å²) in [5, 5.41) is 12.0. The van der Waals surface area contributed by atoms with Crippen molar-refractivity contribution in [2.45, 2.75) is 31.2 Å². The Kier molecular flexibility index (Phi) is 6.15. The fraction of sp³-hybridized carbons (Fsp3) is 0.148. The summed E-state index contributed by atoms with van der Waals surface area (Å²) < 4.78 is 3.37. The number of anilines is 1. The number of thioether (sulfide) groups is 1. The number of aromatic nitrogens is 4. The quantitative estimate of drug-likeness (QED) is 0.271. The molecule has 180 valence electrons. The summed E-state index contributed by atoms with van der Waals surface area (Å²) in [5.74, 6) is 0.125. The minimum atomic E-state index is -0.470. The summed E-state index contributed by atoms with van der Waals surface area (Å²) >= 11 is 1.28. The molecular weight excluding hydrogens is 474 g/mol. The number of rotatable bonds is 6. The molecule has 1 amide bonds. The highest BCUT2D eigenvalue weighted by atomic mass is 32.2. The molecule has 0 aliphatic carbocycles. The van der Waals surface area contributed by atoms with Crippen LogP contribution in [0.15, 0.2) is 82.7 Å². The molecular formula is C27H23N5O3S. The molecule has 1 N–H and O–H groups in total. The first-order chi connectivity index (χ1) is 17.3. The monoisotopic (exact) mass is 497 g/mol. The van der Waals surface area contributed by atoms with E-state index < -0.39 is 5.25 Å². The highest BCUT2D eigenvalue weighted by Crippen LogP contribution is 2.28. The lowest BCUT2D eigenvalue weighted by molar-refractivity contribution is -0.114. The van der Waals surface area contributed by atoms with Crippen LogP contribution < -0.4 is 10.9 Å². The molecule has 9 heteroatoms. The zero-order valence-electron chi connectivity index (χ0n) is 19.9. The molecule has 1 atom stereocenters. The van der Waals surface area contributed by atoms with Crippen molar-refractivity contribution in [2.75, 3.05) is 5.32 Å². The molecule has 3 aromatic carbocycles. The van der Waals surface area contributed by atoms with Gasteiger partial charge < -0.3 is 5.32 Å². The van der Waals surface area contributed by atoms with Gasteiger partial charge in [0.2, 0.25) is 11.7 Å². The molecule has 0 bridgehead atoms. The molecule has 0 saturated carbocycles. The van der Waals surface area contributed by atoms with Gasteiger partial charge in [-0.25, -0.2) is 4.57 Å². The number of nitrogens with zero attached hydrogens (tertiary/aromatic N) is 4. The van der Waals surface area contributed by atoms with Gasteiger partial charge in [-0.05, 0) is 62.4 Å². The summed E-state index contributed by atoms with van der Waals surface area (Å²) in [6, 6.07) is 21.7. The van der Waals surface area contributed by atoms with Crippen LogP contribution in [0.1, 0.15) is 29.8 Å². The molecule has 0 aliphatic rings. The van der Waals surface area contributed by atoms with Crippen molar-refractivity contribution >= 4 is 45.8 Å². The van der Waals surface area contributed by atoms with Gasteiger partial charge in [-0.15, -0.1) is 10.2 Å². The Morgan fingerprint density at radius 3 is 2.33 bits per heavy atom. The first kappa shape index (κ1) is 23.5. The number of hydrogen-bond acceptors (Lipinski definition) is 6. The number of hydrogen-bond donors (Lipinski definition) is 1. The molecule has 5 rings (SSSR count). The van der Waals surface area contributed by atoms with Crippen LogP contribution in [0.4, 0.5) is 5.69 Å². The Morgan fingerprint density at radius 2 is 1.64 bits per heavy atom. The third-order valence-electron chi connectivity index (χ3n) is 5.83. The number of nitrogens with one attached hydrogen (secondary N) is 1. The molecule has 5 aromatic rings. The second-order valence-electron chi connectivity index (χ2n) is 8.49. The van der Waals surface area contributed by atoms with Crippen molar-refractivity contribution in [3.63, 3.8) is 0 Å². The Bertz CT molecular complexity index is 1670. The molecule has 0 saturated heterocycles. The minimum Gasteiger partial charge on any atom is -0.326 e. The second-order valence-corrected chi connectivity index (χ2v) is 9.80. The third-order valence-corrected chi connectivity index (χ3v) is 6.87. The Balaban J connectivity index is 1.56. The van der Waals surface area contributed by atoms with Crippen LogP contribution in [0.2, 0.25) is 0 Å². The maximum Gasteiger partial charge on any atom is 0.267 e. The van der Waals surface area contributed by atoms with E-state index in [0.717, 1.165) is 5.56 Å². The lowest BCUT2D eigenvalue weighted by atomic mass is 10.1. The second kappa shape index (κ2) is 9.43. The number of aryl methyl sites for hydroxylation is 1. The average Bonchev–Trinajstić information content (AvgIpc) is 3.28. The summed E-state index contributed by atoms with van der Waals surface area (Å²) in [7, 11) is 0. The molecule has 1 unspecified atom stereocenters. The summed E-state index contributed by atoms with van der Waals surface area (Å²) in [6.45, 7) is 5.23. The van der Waals surface area contributed by atoms with Gasteiger partial charge in [-0.2, -0.15) is 0 Å². The van der Waals surface area contributed by atoms with Crippen LogP contribution in [0.5, 0.6) is 0 Å². The van der Waals surface area contributed by atoms with E-state index in [1.165, 1.54) is 18.7 Å². The van der Waals surface area contributed by atoms with E-state index >= 15 is 0 Å². The largest absolute Gasteiger partial charge is 0.326 e. The Hall–Kier alpha value is -4.24. The van der Waals surface area contributed by atoms with Crippen LogP contribution in [0.3, 0.4) is 0 Å². The van der Waals surface area contributed by atoms with Crippen LogP contribution in [0.25, 0.3) is 22.4 Å². The lowest BCUT2D eigenvalue weighted by Gasteiger charge is -2.13. The number of para-hydroxylation sites is 1. The molecule has 0 fully saturated rings. The number of benzene rings is 3. The van der Waals surface area contributed by atoms with E-state index in [4.69, 9.17) is 0 Å². The fourth-order valence-electron chi connectivity index (χ4n) is 4.05. The minimum absolute atomic E-state index is 0.0812. The highest BCUT2D eigenvalue weighted by Gasteiger charge is 2.23. The number of carbonyl (C=O) groups excluding carboxylic acids is 2. The van der Waals surface area contributed by atoms with Gasteiger partial charge in [0, 0.05) is 18.2 Å². The first-order valence-electron chi connectivity index (χ1n) is 11.4. The molecule has 0 aliphatic heterocycles. The van der Waals surface area contributed by atoms with Crippen LogP contribution in [-0.4, -0.2) is 36.1 Å². The number of carbonyl (C=O) groups is 2. The van der Waals surface area contributed by atoms with Gasteiger partial charge in [-0.3, -0.25) is 18.8 Å². The topological polar surface area (TPSA) is 98.4 Å². The highest BCUT2D eigenvalue weighted by molar-refractivity contribution is 8.00. The van der Waals surface area contributed by atoms with Crippen molar-refractivity contribution in [2.24, 2.45) is 0 Å². The van der Waals surface area contributed by atoms with Gasteiger partial charge >= 0.3 is 0 Å². The van der Waals surface area contributed by atoms with Gasteiger partial charge in [0.1, 0.15) is 0 Å². The predicted octanol–water partition coefficient (Wildman–Crippen LogP) is 4.66. The summed E-state index contributed by atoms with van der Waals surface area (Å²) in [5.41, 5.74) is 3.41. The van der Waals surface area contributed by atoms with E-state index in [2.05, 4.69) is 15.5 Å². The number of amides is 1. The van der Waals surface area contributed by atoms with E-state index in [0.29, 0.717) is 38.8 Å². The fourth-order valence-corrected chi connectivity index (χ4v) is 4.98. The van der Waals surface area contributed by atoms with Crippen LogP contribution in [0, 0.1) is 6.92 Å². The Labute approximate surface area is 211 Å². The normalized spacial score (nSPS) is 12.1. The van der Waals surface area contributed by atoms with Crippen molar-refractivity contribution in [3.8, 4) is 5.69 Å². The van der Waals surface area contributed by atoms with E-state index in [1.807, 2.05) is 60.7 Å². The first-order valence-corrected chi connectivity index (χ1v) is 12.3. The smallest absolute Gasteiger partial charge is 0.267 e. The number of fused-ring (bicyclic) bond motifs is 3. The van der Waals surface area contributed by atoms with Gasteiger partial charge in [0.05, 0.1) is 21.8 Å². The van der Waals surface area contributed by atoms with E-state index in [-0.39, 0.29) is 17.2 Å². The summed E-state index contributed by atoms with van der Waals surface area (Å²) in [4.78, 5) is 37.9. The molecule has 0 spiro atoms. The lowest BCUT2D eigenvalue weighted by Crippen LogP contribution is -2.22. The Morgan fingerprint density at radius 1 is 0.944 bits per heavy atom. The van der Waals surface area contributed by atoms with Crippen molar-refractivity contribution in [1.29, 1.82) is 0 Å². The predicted molar refractivity (Wildman–Crippen MR) is 141 cm³/mol.